The minimum atomic E-state index is -0.132. The summed E-state index contributed by atoms with van der Waals surface area (Å²) in [5.74, 6) is 1.04. The van der Waals surface area contributed by atoms with Crippen LogP contribution < -0.4 is 11.1 Å². The van der Waals surface area contributed by atoms with Gasteiger partial charge in [0, 0.05) is 12.0 Å². The number of hydrogen-bond acceptors (Lipinski definition) is 2. The zero-order chi connectivity index (χ0) is 11.1. The van der Waals surface area contributed by atoms with Crippen molar-refractivity contribution in [1.29, 1.82) is 0 Å². The first-order valence-corrected chi connectivity index (χ1v) is 7.06. The molecule has 2 aliphatic carbocycles. The Morgan fingerprint density at radius 2 is 1.69 bits per heavy atom. The highest BCUT2D eigenvalue weighted by Crippen LogP contribution is 2.36. The normalized spacial score (nSPS) is 52.9. The molecule has 0 aromatic rings. The summed E-state index contributed by atoms with van der Waals surface area (Å²) >= 11 is 0. The second-order valence-electron chi connectivity index (χ2n) is 6.12. The summed E-state index contributed by atoms with van der Waals surface area (Å²) in [6.45, 7) is 0. The highest BCUT2D eigenvalue weighted by atomic mass is 16.3. The van der Waals surface area contributed by atoms with Crippen LogP contribution in [0, 0.1) is 11.8 Å². The molecule has 5 unspecified atom stereocenters. The molecule has 3 nitrogen and oxygen atoms in total. The van der Waals surface area contributed by atoms with Crippen LogP contribution in [0.1, 0.15) is 44.9 Å². The summed E-state index contributed by atoms with van der Waals surface area (Å²) in [6.07, 6.45) is 8.64. The van der Waals surface area contributed by atoms with Gasteiger partial charge in [-0.2, -0.15) is 0 Å². The van der Waals surface area contributed by atoms with Crippen LogP contribution in [-0.4, -0.2) is 29.3 Å². The Labute approximate surface area is 97.8 Å². The Bertz CT molecular complexity index is 258. The van der Waals surface area contributed by atoms with Gasteiger partial charge >= 0.3 is 0 Å². The third-order valence-electron chi connectivity index (χ3n) is 5.28. The Balaban J connectivity index is 1.79. The lowest BCUT2D eigenvalue weighted by Gasteiger charge is -2.49. The van der Waals surface area contributed by atoms with E-state index in [-0.39, 0.29) is 12.1 Å². The largest absolute Gasteiger partial charge is 0.393 e. The molecule has 0 spiro atoms. The van der Waals surface area contributed by atoms with Crippen LogP contribution in [-0.2, 0) is 0 Å². The van der Waals surface area contributed by atoms with E-state index in [4.69, 9.17) is 5.73 Å². The van der Waals surface area contributed by atoms with E-state index in [1.807, 2.05) is 0 Å². The summed E-state index contributed by atoms with van der Waals surface area (Å²) in [6, 6.07) is 1.63. The van der Waals surface area contributed by atoms with E-state index in [1.54, 1.807) is 0 Å². The molecule has 6 atom stereocenters. The Morgan fingerprint density at radius 1 is 0.938 bits per heavy atom. The molecule has 0 bridgehead atoms. The van der Waals surface area contributed by atoms with Gasteiger partial charge < -0.3 is 16.2 Å². The van der Waals surface area contributed by atoms with E-state index in [1.165, 1.54) is 38.5 Å². The molecule has 1 aliphatic heterocycles. The van der Waals surface area contributed by atoms with Crippen molar-refractivity contribution in [3.05, 3.63) is 0 Å². The molecule has 0 aromatic heterocycles. The lowest BCUT2D eigenvalue weighted by atomic mass is 9.65. The molecule has 0 radical (unpaired) electrons. The third-order valence-corrected chi connectivity index (χ3v) is 5.28. The fourth-order valence-corrected chi connectivity index (χ4v) is 4.51. The van der Waals surface area contributed by atoms with E-state index in [2.05, 4.69) is 5.32 Å². The number of rotatable bonds is 0. The van der Waals surface area contributed by atoms with Crippen LogP contribution in [0.15, 0.2) is 0 Å². The number of piperidine rings is 1. The van der Waals surface area contributed by atoms with Crippen molar-refractivity contribution in [3.63, 3.8) is 0 Å². The van der Waals surface area contributed by atoms with Gasteiger partial charge in [-0.1, -0.05) is 6.42 Å². The molecule has 0 aromatic carbocycles. The van der Waals surface area contributed by atoms with E-state index in [9.17, 15) is 5.11 Å². The standard InChI is InChI=1S/C13H24N2O/c14-13-8-4-1-2-5-9(8)15-10-6-3-7-11(16)12(10)13/h8-13,15-16H,1-7,14H2/p+1/t8?,9?,10?,11-,12?,13?/m1/s1. The maximum Gasteiger partial charge on any atom is 0.0930 e. The number of nitrogens with two attached hydrogens (primary N) is 2. The lowest BCUT2D eigenvalue weighted by molar-refractivity contribution is -0.749. The monoisotopic (exact) mass is 225 g/mol. The van der Waals surface area contributed by atoms with Crippen LogP contribution in [0.2, 0.25) is 0 Å². The van der Waals surface area contributed by atoms with Crippen LogP contribution in [0.25, 0.3) is 0 Å². The van der Waals surface area contributed by atoms with Crippen molar-refractivity contribution >= 4 is 0 Å². The second kappa shape index (κ2) is 4.28. The predicted octanol–water partition coefficient (Wildman–Crippen LogP) is -0.0209. The molecule has 3 fully saturated rings. The van der Waals surface area contributed by atoms with Gasteiger partial charge in [0.2, 0.25) is 0 Å². The summed E-state index contributed by atoms with van der Waals surface area (Å²) in [7, 11) is 0. The van der Waals surface area contributed by atoms with Gasteiger partial charge in [0.1, 0.15) is 0 Å². The maximum atomic E-state index is 10.2. The van der Waals surface area contributed by atoms with Crippen LogP contribution in [0.5, 0.6) is 0 Å². The van der Waals surface area contributed by atoms with Gasteiger partial charge in [0.25, 0.3) is 0 Å². The molecule has 5 N–H and O–H groups in total. The fraction of sp³-hybridized carbons (Fsp3) is 1.00. The molecule has 3 heteroatoms. The maximum absolute atomic E-state index is 10.2. The zero-order valence-corrected chi connectivity index (χ0v) is 10.0. The molecule has 1 heterocycles. The van der Waals surface area contributed by atoms with Crippen molar-refractivity contribution < 1.29 is 10.4 Å². The molecule has 0 amide bonds. The van der Waals surface area contributed by atoms with Crippen molar-refractivity contribution in [2.75, 3.05) is 0 Å². The van der Waals surface area contributed by atoms with E-state index < -0.39 is 0 Å². The number of hydrogen-bond donors (Lipinski definition) is 3. The molecule has 1 saturated heterocycles. The van der Waals surface area contributed by atoms with E-state index in [0.29, 0.717) is 17.9 Å². The van der Waals surface area contributed by atoms with Crippen LogP contribution in [0.4, 0.5) is 0 Å². The Hall–Kier alpha value is -0.120. The quantitative estimate of drug-likeness (QED) is 0.542. The summed E-state index contributed by atoms with van der Waals surface area (Å²) in [5.41, 5.74) is 6.45. The highest BCUT2D eigenvalue weighted by Gasteiger charge is 2.50. The highest BCUT2D eigenvalue weighted by molar-refractivity contribution is 4.97. The zero-order valence-electron chi connectivity index (χ0n) is 10.0. The molecule has 2 saturated carbocycles. The minimum absolute atomic E-state index is 0.132. The summed E-state index contributed by atoms with van der Waals surface area (Å²) in [4.78, 5) is 0. The lowest BCUT2D eigenvalue weighted by Crippen LogP contribution is -3.02. The number of aliphatic hydroxyl groups is 1. The Kier molecular flexibility index (Phi) is 2.94. The Morgan fingerprint density at radius 3 is 2.56 bits per heavy atom. The van der Waals surface area contributed by atoms with E-state index >= 15 is 0 Å². The predicted molar refractivity (Wildman–Crippen MR) is 62.8 cm³/mol. The van der Waals surface area contributed by atoms with Crippen molar-refractivity contribution in [2.24, 2.45) is 17.6 Å². The molecule has 3 aliphatic rings. The minimum Gasteiger partial charge on any atom is -0.393 e. The average molecular weight is 225 g/mol. The topological polar surface area (TPSA) is 62.9 Å². The summed E-state index contributed by atoms with van der Waals surface area (Å²) in [5, 5.41) is 12.7. The van der Waals surface area contributed by atoms with Gasteiger partial charge in [0.05, 0.1) is 24.1 Å². The van der Waals surface area contributed by atoms with Gasteiger partial charge in [0.15, 0.2) is 0 Å². The van der Waals surface area contributed by atoms with Crippen LogP contribution >= 0.6 is 0 Å². The third kappa shape index (κ3) is 1.69. The first-order valence-electron chi connectivity index (χ1n) is 7.06. The first kappa shape index (κ1) is 11.0. The number of aliphatic hydroxyl groups excluding tert-OH is 1. The number of fused-ring (bicyclic) bond motifs is 2. The van der Waals surface area contributed by atoms with Gasteiger partial charge in [-0.3, -0.25) is 0 Å². The number of quaternary nitrogens is 1. The van der Waals surface area contributed by atoms with Gasteiger partial charge in [-0.25, -0.2) is 0 Å². The van der Waals surface area contributed by atoms with Gasteiger partial charge in [-0.15, -0.1) is 0 Å². The van der Waals surface area contributed by atoms with Crippen molar-refractivity contribution in [2.45, 2.75) is 69.2 Å². The molecule has 92 valence electrons. The van der Waals surface area contributed by atoms with Crippen LogP contribution in [0.3, 0.4) is 0 Å². The SMILES string of the molecule is NC1C2CCCCC2[NH2+]C2CCC[C@@H](O)C21. The van der Waals surface area contributed by atoms with E-state index in [0.717, 1.165) is 12.5 Å². The molecule has 3 rings (SSSR count). The molecular weight excluding hydrogens is 200 g/mol. The first-order chi connectivity index (χ1) is 7.77. The van der Waals surface area contributed by atoms with Crippen molar-refractivity contribution in [3.8, 4) is 0 Å². The molecule has 16 heavy (non-hydrogen) atoms. The van der Waals surface area contributed by atoms with Gasteiger partial charge in [-0.05, 0) is 38.5 Å². The molecular formula is C13H25N2O+. The smallest absolute Gasteiger partial charge is 0.0930 e. The fourth-order valence-electron chi connectivity index (χ4n) is 4.51. The van der Waals surface area contributed by atoms with Crippen molar-refractivity contribution in [1.82, 2.24) is 0 Å². The average Bonchev–Trinajstić information content (AvgIpc) is 2.29. The summed E-state index contributed by atoms with van der Waals surface area (Å²) < 4.78 is 0. The second-order valence-corrected chi connectivity index (χ2v) is 6.12.